The van der Waals surface area contributed by atoms with Gasteiger partial charge in [0.2, 0.25) is 0 Å². The van der Waals surface area contributed by atoms with Crippen molar-refractivity contribution in [1.29, 1.82) is 0 Å². The van der Waals surface area contributed by atoms with E-state index >= 15 is 0 Å². The van der Waals surface area contributed by atoms with Gasteiger partial charge in [-0.3, -0.25) is 0 Å². The predicted molar refractivity (Wildman–Crippen MR) is 124 cm³/mol. The van der Waals surface area contributed by atoms with E-state index in [1.54, 1.807) is 0 Å². The van der Waals surface area contributed by atoms with E-state index in [1.807, 2.05) is 11.8 Å². The zero-order chi connectivity index (χ0) is 19.6. The number of thioether (sulfide) groups is 1. The van der Waals surface area contributed by atoms with Gasteiger partial charge in [-0.1, -0.05) is 81.7 Å². The molecule has 4 heteroatoms. The second kappa shape index (κ2) is 16.8. The number of thiol groups is 1. The van der Waals surface area contributed by atoms with Gasteiger partial charge in [0.05, 0.1) is 13.2 Å². The molecule has 0 radical (unpaired) electrons. The predicted octanol–water partition coefficient (Wildman–Crippen LogP) is 5.76. The molecule has 0 atom stereocenters. The van der Waals surface area contributed by atoms with Crippen molar-refractivity contribution < 1.29 is 10.2 Å². The van der Waals surface area contributed by atoms with Crippen LogP contribution in [0.1, 0.15) is 69.8 Å². The van der Waals surface area contributed by atoms with E-state index in [0.717, 1.165) is 11.5 Å². The molecule has 0 aliphatic rings. The number of unbranched alkanes of at least 4 members (excludes halogenated alkanes) is 9. The molecule has 0 unspecified atom stereocenters. The number of aliphatic hydroxyl groups excluding tert-OH is 2. The van der Waals surface area contributed by atoms with E-state index in [-0.39, 0.29) is 13.2 Å². The summed E-state index contributed by atoms with van der Waals surface area (Å²) in [6.07, 6.45) is 14.7. The Kier molecular flexibility index (Phi) is 15.4. The molecule has 0 heterocycles. The summed E-state index contributed by atoms with van der Waals surface area (Å²) < 4.78 is 0. The number of aryl methyl sites for hydroxylation is 1. The molecule has 27 heavy (non-hydrogen) atoms. The zero-order valence-corrected chi connectivity index (χ0v) is 18.7. The molecule has 2 N–H and O–H groups in total. The highest BCUT2D eigenvalue weighted by molar-refractivity contribution is 7.99. The van der Waals surface area contributed by atoms with Gasteiger partial charge in [-0.15, -0.1) is 0 Å². The first-order chi connectivity index (χ1) is 13.3. The van der Waals surface area contributed by atoms with Crippen molar-refractivity contribution in [2.75, 3.05) is 30.5 Å². The van der Waals surface area contributed by atoms with Gasteiger partial charge in [-0.2, -0.15) is 24.4 Å². The van der Waals surface area contributed by atoms with E-state index < -0.39 is 5.41 Å². The summed E-state index contributed by atoms with van der Waals surface area (Å²) in [5.41, 5.74) is 1.06. The summed E-state index contributed by atoms with van der Waals surface area (Å²) in [6, 6.07) is 10.8. The van der Waals surface area contributed by atoms with Crippen molar-refractivity contribution in [2.24, 2.45) is 5.41 Å². The van der Waals surface area contributed by atoms with E-state index in [9.17, 15) is 10.2 Å². The minimum atomic E-state index is -0.408. The fourth-order valence-electron chi connectivity index (χ4n) is 3.17. The largest absolute Gasteiger partial charge is 0.396 e. The van der Waals surface area contributed by atoms with Gasteiger partial charge in [0.25, 0.3) is 0 Å². The Morgan fingerprint density at radius 1 is 0.741 bits per heavy atom. The maximum absolute atomic E-state index is 9.40. The Balaban J connectivity index is 1.81. The summed E-state index contributed by atoms with van der Waals surface area (Å²) in [6.45, 7) is 0.0402. The van der Waals surface area contributed by atoms with Gasteiger partial charge < -0.3 is 10.2 Å². The quantitative estimate of drug-likeness (QED) is 0.212. The van der Waals surface area contributed by atoms with Crippen LogP contribution in [0.25, 0.3) is 0 Å². The third kappa shape index (κ3) is 12.1. The van der Waals surface area contributed by atoms with Crippen LogP contribution >= 0.6 is 24.4 Å². The highest BCUT2D eigenvalue weighted by Gasteiger charge is 2.26. The Morgan fingerprint density at radius 2 is 1.26 bits per heavy atom. The number of hydrogen-bond acceptors (Lipinski definition) is 4. The third-order valence-corrected chi connectivity index (χ3v) is 7.33. The molecule has 0 fully saturated rings. The summed E-state index contributed by atoms with van der Waals surface area (Å²) in [4.78, 5) is 0. The third-order valence-electron chi connectivity index (χ3n) is 5.26. The molecule has 0 bridgehead atoms. The lowest BCUT2D eigenvalue weighted by atomic mass is 9.96. The molecule has 1 aromatic carbocycles. The second-order valence-corrected chi connectivity index (χ2v) is 9.22. The van der Waals surface area contributed by atoms with E-state index in [2.05, 4.69) is 43.0 Å². The van der Waals surface area contributed by atoms with Crippen molar-refractivity contribution in [2.45, 2.75) is 70.6 Å². The molecule has 1 rings (SSSR count). The van der Waals surface area contributed by atoms with Crippen molar-refractivity contribution in [1.82, 2.24) is 0 Å². The first-order valence-corrected chi connectivity index (χ1v) is 12.5. The van der Waals surface area contributed by atoms with Gasteiger partial charge in [-0.25, -0.2) is 0 Å². The van der Waals surface area contributed by atoms with Crippen LogP contribution < -0.4 is 0 Å². The molecule has 0 saturated heterocycles. The Morgan fingerprint density at radius 3 is 1.78 bits per heavy atom. The van der Waals surface area contributed by atoms with Crippen LogP contribution in [0.5, 0.6) is 0 Å². The minimum absolute atomic E-state index is 0.0201. The fourth-order valence-corrected chi connectivity index (χ4v) is 4.90. The standard InChI is InChI=1S/C23H40O2S2/c24-18-23(19-25,20-26)21-27-17-13-8-6-4-2-1-3-5-7-10-14-22-15-11-9-12-16-22/h9,11-12,15-16,24-26H,1-8,10,13-14,17-21H2. The van der Waals surface area contributed by atoms with Crippen molar-refractivity contribution in [3.05, 3.63) is 35.9 Å². The van der Waals surface area contributed by atoms with Gasteiger partial charge in [0.15, 0.2) is 0 Å². The molecule has 0 aliphatic heterocycles. The number of benzene rings is 1. The van der Waals surface area contributed by atoms with Crippen LogP contribution in [-0.2, 0) is 6.42 Å². The van der Waals surface area contributed by atoms with E-state index in [4.69, 9.17) is 0 Å². The molecule has 0 saturated carbocycles. The summed E-state index contributed by atoms with van der Waals surface area (Å²) in [5, 5.41) is 18.8. The normalized spacial score (nSPS) is 11.8. The van der Waals surface area contributed by atoms with Gasteiger partial charge >= 0.3 is 0 Å². The van der Waals surface area contributed by atoms with Crippen molar-refractivity contribution in [3.8, 4) is 0 Å². The Labute approximate surface area is 177 Å². The zero-order valence-electron chi connectivity index (χ0n) is 17.0. The summed E-state index contributed by atoms with van der Waals surface area (Å²) in [5.74, 6) is 2.46. The van der Waals surface area contributed by atoms with Gasteiger partial charge in [0.1, 0.15) is 0 Å². The van der Waals surface area contributed by atoms with E-state index in [1.165, 1.54) is 76.2 Å². The SMILES string of the molecule is OCC(CO)(CS)CSCCCCCCCCCCCCc1ccccc1. The summed E-state index contributed by atoms with van der Waals surface area (Å²) >= 11 is 6.11. The first-order valence-electron chi connectivity index (χ1n) is 10.7. The van der Waals surface area contributed by atoms with Crippen LogP contribution in [-0.4, -0.2) is 40.7 Å². The van der Waals surface area contributed by atoms with Gasteiger partial charge in [-0.05, 0) is 30.6 Å². The average Bonchev–Trinajstić information content (AvgIpc) is 2.72. The highest BCUT2D eigenvalue weighted by atomic mass is 32.2. The highest BCUT2D eigenvalue weighted by Crippen LogP contribution is 2.24. The Hall–Kier alpha value is -0.160. The maximum Gasteiger partial charge on any atom is 0.0525 e. The molecule has 156 valence electrons. The molecule has 1 aromatic rings. The number of aliphatic hydroxyl groups is 2. The fraction of sp³-hybridized carbons (Fsp3) is 0.739. The number of hydrogen-bond donors (Lipinski definition) is 3. The first kappa shape index (κ1) is 24.9. The van der Waals surface area contributed by atoms with Crippen LogP contribution in [0.3, 0.4) is 0 Å². The molecule has 0 aliphatic carbocycles. The monoisotopic (exact) mass is 412 g/mol. The number of rotatable bonds is 18. The topological polar surface area (TPSA) is 40.5 Å². The lowest BCUT2D eigenvalue weighted by Gasteiger charge is -2.27. The lowest BCUT2D eigenvalue weighted by Crippen LogP contribution is -2.34. The molecule has 2 nitrogen and oxygen atoms in total. The average molecular weight is 413 g/mol. The van der Waals surface area contributed by atoms with E-state index in [0.29, 0.717) is 5.75 Å². The van der Waals surface area contributed by atoms with Crippen molar-refractivity contribution >= 4 is 24.4 Å². The molecule has 0 aromatic heterocycles. The Bertz CT molecular complexity index is 427. The van der Waals surface area contributed by atoms with Crippen LogP contribution in [0.4, 0.5) is 0 Å². The molecular weight excluding hydrogens is 372 g/mol. The second-order valence-electron chi connectivity index (χ2n) is 7.80. The molecular formula is C23H40O2S2. The summed E-state index contributed by atoms with van der Waals surface area (Å²) in [7, 11) is 0. The lowest BCUT2D eigenvalue weighted by molar-refractivity contribution is 0.0936. The maximum atomic E-state index is 9.40. The molecule has 0 amide bonds. The minimum Gasteiger partial charge on any atom is -0.396 e. The van der Waals surface area contributed by atoms with Crippen LogP contribution in [0, 0.1) is 5.41 Å². The van der Waals surface area contributed by atoms with Gasteiger partial charge in [0, 0.05) is 16.9 Å². The van der Waals surface area contributed by atoms with Crippen molar-refractivity contribution in [3.63, 3.8) is 0 Å². The smallest absolute Gasteiger partial charge is 0.0525 e. The van der Waals surface area contributed by atoms with Crippen LogP contribution in [0.15, 0.2) is 30.3 Å². The molecule has 0 spiro atoms. The van der Waals surface area contributed by atoms with Crippen LogP contribution in [0.2, 0.25) is 0 Å².